The Morgan fingerprint density at radius 3 is 2.29 bits per heavy atom. The van der Waals surface area contributed by atoms with E-state index >= 15 is 0 Å². The Morgan fingerprint density at radius 1 is 1.19 bits per heavy atom. The van der Waals surface area contributed by atoms with Crippen LogP contribution in [0.5, 0.6) is 0 Å². The summed E-state index contributed by atoms with van der Waals surface area (Å²) in [5.74, 6) is 0. The molecular formula is C11H7F6N3O. The molecule has 0 aliphatic heterocycles. The number of halogens is 6. The SMILES string of the molecule is N#Cc1ccc(NC(=O)NCC(F)(F)F)cc1C(F)(F)F. The van der Waals surface area contributed by atoms with Crippen molar-refractivity contribution < 1.29 is 31.1 Å². The number of hydrogen-bond donors (Lipinski definition) is 2. The van der Waals surface area contributed by atoms with E-state index in [1.807, 2.05) is 5.32 Å². The molecule has 0 heterocycles. The maximum atomic E-state index is 12.6. The van der Waals surface area contributed by atoms with Crippen LogP contribution in [0.4, 0.5) is 36.8 Å². The van der Waals surface area contributed by atoms with E-state index in [2.05, 4.69) is 0 Å². The van der Waals surface area contributed by atoms with Crippen LogP contribution in [-0.4, -0.2) is 18.8 Å². The second kappa shape index (κ2) is 5.90. The van der Waals surface area contributed by atoms with Gasteiger partial charge in [0.1, 0.15) is 6.54 Å². The molecule has 0 bridgehead atoms. The van der Waals surface area contributed by atoms with Crippen LogP contribution in [0.25, 0.3) is 0 Å². The third kappa shape index (κ3) is 5.21. The van der Waals surface area contributed by atoms with Gasteiger partial charge in [-0.15, -0.1) is 0 Å². The van der Waals surface area contributed by atoms with Gasteiger partial charge in [0.05, 0.1) is 17.2 Å². The van der Waals surface area contributed by atoms with Crippen molar-refractivity contribution in [3.8, 4) is 6.07 Å². The molecule has 2 N–H and O–H groups in total. The summed E-state index contributed by atoms with van der Waals surface area (Å²) < 4.78 is 73.4. The number of anilines is 1. The molecule has 1 rings (SSSR count). The van der Waals surface area contributed by atoms with E-state index < -0.39 is 36.1 Å². The zero-order valence-corrected chi connectivity index (χ0v) is 10.1. The van der Waals surface area contributed by atoms with E-state index in [-0.39, 0.29) is 5.69 Å². The van der Waals surface area contributed by atoms with E-state index in [1.165, 1.54) is 11.4 Å². The minimum Gasteiger partial charge on any atom is -0.329 e. The number of urea groups is 1. The van der Waals surface area contributed by atoms with Crippen LogP contribution < -0.4 is 10.6 Å². The molecule has 0 radical (unpaired) electrons. The number of amides is 2. The maximum absolute atomic E-state index is 12.6. The smallest absolute Gasteiger partial charge is 0.329 e. The van der Waals surface area contributed by atoms with E-state index in [0.717, 1.165) is 12.1 Å². The minimum atomic E-state index is -4.83. The van der Waals surface area contributed by atoms with Gasteiger partial charge in [0.2, 0.25) is 0 Å². The van der Waals surface area contributed by atoms with Gasteiger partial charge in [0, 0.05) is 5.69 Å². The highest BCUT2D eigenvalue weighted by Crippen LogP contribution is 2.33. The lowest BCUT2D eigenvalue weighted by Gasteiger charge is -2.12. The fourth-order valence-electron chi connectivity index (χ4n) is 1.31. The van der Waals surface area contributed by atoms with Gasteiger partial charge >= 0.3 is 18.4 Å². The van der Waals surface area contributed by atoms with Crippen LogP contribution in [0.2, 0.25) is 0 Å². The zero-order chi connectivity index (χ0) is 16.3. The Kier molecular flexibility index (Phi) is 4.67. The topological polar surface area (TPSA) is 64.9 Å². The van der Waals surface area contributed by atoms with Crippen LogP contribution in [0, 0.1) is 11.3 Å². The summed E-state index contributed by atoms with van der Waals surface area (Å²) in [5, 5.41) is 11.8. The Bertz CT molecular complexity index is 573. The Labute approximate surface area is 114 Å². The summed E-state index contributed by atoms with van der Waals surface area (Å²) in [7, 11) is 0. The van der Waals surface area contributed by atoms with Crippen molar-refractivity contribution in [2.75, 3.05) is 11.9 Å². The van der Waals surface area contributed by atoms with Crippen LogP contribution in [0.15, 0.2) is 18.2 Å². The number of carbonyl (C=O) groups is 1. The summed E-state index contributed by atoms with van der Waals surface area (Å²) in [5.41, 5.74) is -2.34. The fourth-order valence-corrected chi connectivity index (χ4v) is 1.31. The highest BCUT2D eigenvalue weighted by atomic mass is 19.4. The molecule has 1 aromatic rings. The highest BCUT2D eigenvalue weighted by molar-refractivity contribution is 5.89. The average Bonchev–Trinajstić information content (AvgIpc) is 2.34. The lowest BCUT2D eigenvalue weighted by atomic mass is 10.1. The van der Waals surface area contributed by atoms with Crippen molar-refractivity contribution in [1.82, 2.24) is 5.32 Å². The van der Waals surface area contributed by atoms with Gasteiger partial charge in [-0.05, 0) is 18.2 Å². The summed E-state index contributed by atoms with van der Waals surface area (Å²) >= 11 is 0. The molecule has 0 aliphatic carbocycles. The van der Waals surface area contributed by atoms with Gasteiger partial charge in [-0.3, -0.25) is 0 Å². The van der Waals surface area contributed by atoms with Crippen molar-refractivity contribution in [1.29, 1.82) is 5.26 Å². The quantitative estimate of drug-likeness (QED) is 0.823. The predicted octanol–water partition coefficient (Wildman–Crippen LogP) is 3.26. The second-order valence-electron chi connectivity index (χ2n) is 3.79. The van der Waals surface area contributed by atoms with Crippen molar-refractivity contribution >= 4 is 11.7 Å². The first-order chi connectivity index (χ1) is 9.53. The molecule has 0 spiro atoms. The summed E-state index contributed by atoms with van der Waals surface area (Å²) in [4.78, 5) is 11.1. The van der Waals surface area contributed by atoms with Crippen LogP contribution in [0.1, 0.15) is 11.1 Å². The van der Waals surface area contributed by atoms with Crippen LogP contribution in [-0.2, 0) is 6.18 Å². The minimum absolute atomic E-state index is 0.388. The van der Waals surface area contributed by atoms with Crippen molar-refractivity contribution in [3.05, 3.63) is 29.3 Å². The summed E-state index contributed by atoms with van der Waals surface area (Å²) in [6, 6.07) is 2.26. The molecule has 0 aromatic heterocycles. The van der Waals surface area contributed by atoms with Crippen molar-refractivity contribution in [2.24, 2.45) is 0 Å². The van der Waals surface area contributed by atoms with Gasteiger partial charge in [-0.1, -0.05) is 0 Å². The van der Waals surface area contributed by atoms with Gasteiger partial charge in [-0.25, -0.2) is 4.79 Å². The van der Waals surface area contributed by atoms with Gasteiger partial charge in [0.25, 0.3) is 0 Å². The van der Waals surface area contributed by atoms with Gasteiger partial charge in [-0.2, -0.15) is 31.6 Å². The van der Waals surface area contributed by atoms with Gasteiger partial charge < -0.3 is 10.6 Å². The van der Waals surface area contributed by atoms with Gasteiger partial charge in [0.15, 0.2) is 0 Å². The first-order valence-corrected chi connectivity index (χ1v) is 5.26. The van der Waals surface area contributed by atoms with Crippen LogP contribution in [0.3, 0.4) is 0 Å². The average molecular weight is 311 g/mol. The number of carbonyl (C=O) groups excluding carboxylic acids is 1. The Hall–Kier alpha value is -2.44. The molecule has 2 amide bonds. The highest BCUT2D eigenvalue weighted by Gasteiger charge is 2.34. The number of nitriles is 1. The van der Waals surface area contributed by atoms with Crippen molar-refractivity contribution in [2.45, 2.75) is 12.4 Å². The molecule has 0 atom stereocenters. The lowest BCUT2D eigenvalue weighted by Crippen LogP contribution is -2.36. The molecule has 21 heavy (non-hydrogen) atoms. The first kappa shape index (κ1) is 16.6. The molecule has 10 heteroatoms. The third-order valence-corrected chi connectivity index (χ3v) is 2.15. The molecule has 0 saturated carbocycles. The van der Waals surface area contributed by atoms with Crippen molar-refractivity contribution in [3.63, 3.8) is 0 Å². The van der Waals surface area contributed by atoms with Crippen LogP contribution >= 0.6 is 0 Å². The number of nitrogens with one attached hydrogen (secondary N) is 2. The largest absolute Gasteiger partial charge is 0.417 e. The number of alkyl halides is 6. The fraction of sp³-hybridized carbons (Fsp3) is 0.273. The number of hydrogen-bond acceptors (Lipinski definition) is 2. The van der Waals surface area contributed by atoms with E-state index in [4.69, 9.17) is 5.26 Å². The monoisotopic (exact) mass is 311 g/mol. The summed E-state index contributed by atoms with van der Waals surface area (Å²) in [6.45, 7) is -1.62. The molecule has 1 aromatic carbocycles. The number of rotatable bonds is 2. The normalized spacial score (nSPS) is 11.7. The number of benzene rings is 1. The van der Waals surface area contributed by atoms with E-state index in [9.17, 15) is 31.1 Å². The first-order valence-electron chi connectivity index (χ1n) is 5.26. The molecule has 0 aliphatic rings. The van der Waals surface area contributed by atoms with E-state index in [1.54, 1.807) is 0 Å². The Morgan fingerprint density at radius 2 is 1.81 bits per heavy atom. The molecule has 114 valence electrons. The molecule has 0 fully saturated rings. The molecular weight excluding hydrogens is 304 g/mol. The predicted molar refractivity (Wildman–Crippen MR) is 59.2 cm³/mol. The second-order valence-corrected chi connectivity index (χ2v) is 3.79. The molecule has 4 nitrogen and oxygen atoms in total. The lowest BCUT2D eigenvalue weighted by molar-refractivity contribution is -0.137. The third-order valence-electron chi connectivity index (χ3n) is 2.15. The standard InChI is InChI=1S/C11H7F6N3O/c12-10(13,14)5-19-9(21)20-7-2-1-6(4-18)8(3-7)11(15,16)17/h1-3H,5H2,(H2,19,20,21). The zero-order valence-electron chi connectivity index (χ0n) is 10.1. The molecule has 0 saturated heterocycles. The summed E-state index contributed by atoms with van der Waals surface area (Å²) in [6.07, 6.45) is -9.47. The maximum Gasteiger partial charge on any atom is 0.417 e. The van der Waals surface area contributed by atoms with E-state index in [0.29, 0.717) is 6.07 Å². The Balaban J connectivity index is 2.87. The number of nitrogens with zero attached hydrogens (tertiary/aromatic N) is 1. The molecule has 0 unspecified atom stereocenters.